The molecular weight excluding hydrogens is 325 g/mol. The van der Waals surface area contributed by atoms with E-state index in [4.69, 9.17) is 11.5 Å². The Morgan fingerprint density at radius 2 is 1.88 bits per heavy atom. The molecule has 0 aliphatic carbocycles. The van der Waals surface area contributed by atoms with E-state index in [1.165, 1.54) is 23.2 Å². The molecule has 0 spiro atoms. The van der Waals surface area contributed by atoms with Gasteiger partial charge >= 0.3 is 0 Å². The lowest BCUT2D eigenvalue weighted by atomic mass is 10.1. The third kappa shape index (κ3) is 3.37. The van der Waals surface area contributed by atoms with Gasteiger partial charge in [-0.25, -0.2) is 9.37 Å². The fraction of sp³-hybridized carbons (Fsp3) is 0.235. The van der Waals surface area contributed by atoms with Crippen molar-refractivity contribution in [2.24, 2.45) is 5.73 Å². The minimum atomic E-state index is -0.814. The van der Waals surface area contributed by atoms with Gasteiger partial charge in [-0.15, -0.1) is 0 Å². The van der Waals surface area contributed by atoms with E-state index >= 15 is 0 Å². The van der Waals surface area contributed by atoms with Crippen molar-refractivity contribution < 1.29 is 14.0 Å². The molecule has 1 fully saturated rings. The van der Waals surface area contributed by atoms with Gasteiger partial charge in [-0.1, -0.05) is 0 Å². The maximum atomic E-state index is 13.1. The first kappa shape index (κ1) is 16.7. The highest BCUT2D eigenvalue weighted by Crippen LogP contribution is 2.22. The lowest BCUT2D eigenvalue weighted by Crippen LogP contribution is -2.60. The first-order valence-corrected chi connectivity index (χ1v) is 7.78. The summed E-state index contributed by atoms with van der Waals surface area (Å²) in [6.07, 6.45) is 1.49. The molecule has 1 atom stereocenters. The zero-order valence-electron chi connectivity index (χ0n) is 13.4. The predicted octanol–water partition coefficient (Wildman–Crippen LogP) is 0.619. The highest BCUT2D eigenvalue weighted by molar-refractivity contribution is 6.01. The van der Waals surface area contributed by atoms with Gasteiger partial charge in [0.1, 0.15) is 17.7 Å². The first-order valence-electron chi connectivity index (χ1n) is 7.78. The van der Waals surface area contributed by atoms with Crippen molar-refractivity contribution in [1.29, 1.82) is 0 Å². The van der Waals surface area contributed by atoms with Crippen LogP contribution in [0.4, 0.5) is 15.9 Å². The van der Waals surface area contributed by atoms with E-state index in [1.54, 1.807) is 24.3 Å². The molecule has 2 amide bonds. The summed E-state index contributed by atoms with van der Waals surface area (Å²) in [5.41, 5.74) is 12.3. The number of halogens is 1. The number of carbonyl (C=O) groups is 2. The number of rotatable bonds is 3. The number of amides is 2. The topological polar surface area (TPSA) is 106 Å². The van der Waals surface area contributed by atoms with Crippen LogP contribution in [0.3, 0.4) is 0 Å². The van der Waals surface area contributed by atoms with Crippen LogP contribution in [0.5, 0.6) is 0 Å². The molecule has 7 nitrogen and oxygen atoms in total. The Kier molecular flexibility index (Phi) is 4.51. The summed E-state index contributed by atoms with van der Waals surface area (Å²) in [5.74, 6) is -1.22. The van der Waals surface area contributed by atoms with Gasteiger partial charge in [0.2, 0.25) is 5.91 Å². The van der Waals surface area contributed by atoms with Gasteiger partial charge in [0.15, 0.2) is 0 Å². The number of benzene rings is 1. The van der Waals surface area contributed by atoms with Crippen molar-refractivity contribution in [3.63, 3.8) is 0 Å². The molecular formula is C17H18FN5O2. The third-order valence-electron chi connectivity index (χ3n) is 4.23. The van der Waals surface area contributed by atoms with Crippen LogP contribution in [0.1, 0.15) is 10.4 Å². The molecule has 25 heavy (non-hydrogen) atoms. The summed E-state index contributed by atoms with van der Waals surface area (Å²) in [6.45, 7) is 1.01. The van der Waals surface area contributed by atoms with Crippen LogP contribution in [0, 0.1) is 5.82 Å². The Bertz CT molecular complexity index is 796. The summed E-state index contributed by atoms with van der Waals surface area (Å²) in [5, 5.41) is 0. The van der Waals surface area contributed by atoms with E-state index in [1.807, 2.05) is 4.90 Å². The van der Waals surface area contributed by atoms with Gasteiger partial charge < -0.3 is 21.3 Å². The van der Waals surface area contributed by atoms with E-state index in [0.29, 0.717) is 6.54 Å². The van der Waals surface area contributed by atoms with Crippen molar-refractivity contribution >= 4 is 23.3 Å². The molecule has 2 aromatic rings. The summed E-state index contributed by atoms with van der Waals surface area (Å²) in [7, 11) is 0. The van der Waals surface area contributed by atoms with E-state index in [-0.39, 0.29) is 36.2 Å². The fourth-order valence-corrected chi connectivity index (χ4v) is 2.91. The minimum Gasteiger partial charge on any atom is -0.383 e. The monoisotopic (exact) mass is 343 g/mol. The second-order valence-corrected chi connectivity index (χ2v) is 5.78. The standard InChI is InChI=1S/C17H18FN5O2/c18-11-3-5-12(6-4-11)22-8-9-23(14(10-22)16(20)24)17(25)13-2-1-7-21-15(13)19/h1-7,14H,8-10H2,(H2,19,21)(H2,20,24). The summed E-state index contributed by atoms with van der Waals surface area (Å²) < 4.78 is 13.1. The van der Waals surface area contributed by atoms with Gasteiger partial charge in [-0.05, 0) is 36.4 Å². The number of pyridine rings is 1. The molecule has 1 aromatic heterocycles. The molecule has 0 saturated carbocycles. The van der Waals surface area contributed by atoms with Crippen molar-refractivity contribution in [2.45, 2.75) is 6.04 Å². The Labute approximate surface area is 144 Å². The van der Waals surface area contributed by atoms with E-state index in [0.717, 1.165) is 5.69 Å². The molecule has 1 aliphatic heterocycles. The van der Waals surface area contributed by atoms with Crippen LogP contribution in [0.25, 0.3) is 0 Å². The number of hydrogen-bond donors (Lipinski definition) is 2. The van der Waals surface area contributed by atoms with Crippen LogP contribution < -0.4 is 16.4 Å². The maximum Gasteiger partial charge on any atom is 0.258 e. The van der Waals surface area contributed by atoms with Crippen molar-refractivity contribution in [2.75, 3.05) is 30.3 Å². The third-order valence-corrected chi connectivity index (χ3v) is 4.23. The largest absolute Gasteiger partial charge is 0.383 e. The number of piperazine rings is 1. The van der Waals surface area contributed by atoms with Gasteiger partial charge in [0, 0.05) is 31.5 Å². The Balaban J connectivity index is 1.83. The SMILES string of the molecule is NC(=O)C1CN(c2ccc(F)cc2)CCN1C(=O)c1cccnc1N. The number of carbonyl (C=O) groups excluding carboxylic acids is 2. The van der Waals surface area contributed by atoms with Crippen LogP contribution >= 0.6 is 0 Å². The highest BCUT2D eigenvalue weighted by Gasteiger charge is 2.35. The van der Waals surface area contributed by atoms with Gasteiger partial charge in [-0.3, -0.25) is 9.59 Å². The zero-order chi connectivity index (χ0) is 18.0. The molecule has 0 radical (unpaired) electrons. The number of aromatic nitrogens is 1. The highest BCUT2D eigenvalue weighted by atomic mass is 19.1. The van der Waals surface area contributed by atoms with Crippen molar-refractivity contribution in [3.8, 4) is 0 Å². The predicted molar refractivity (Wildman–Crippen MR) is 91.3 cm³/mol. The number of nitrogens with zero attached hydrogens (tertiary/aromatic N) is 3. The number of nitrogen functional groups attached to an aromatic ring is 1. The molecule has 3 rings (SSSR count). The summed E-state index contributed by atoms with van der Waals surface area (Å²) in [4.78, 5) is 31.9. The lowest BCUT2D eigenvalue weighted by Gasteiger charge is -2.41. The number of hydrogen-bond acceptors (Lipinski definition) is 5. The second kappa shape index (κ2) is 6.76. The van der Waals surface area contributed by atoms with Crippen LogP contribution in [0.15, 0.2) is 42.6 Å². The average Bonchev–Trinajstić information content (AvgIpc) is 2.61. The Morgan fingerprint density at radius 3 is 2.52 bits per heavy atom. The minimum absolute atomic E-state index is 0.108. The maximum absolute atomic E-state index is 13.1. The summed E-state index contributed by atoms with van der Waals surface area (Å²) in [6, 6.07) is 8.32. The van der Waals surface area contributed by atoms with E-state index < -0.39 is 11.9 Å². The first-order chi connectivity index (χ1) is 12.0. The number of anilines is 2. The molecule has 4 N–H and O–H groups in total. The van der Waals surface area contributed by atoms with Crippen LogP contribution in [-0.4, -0.2) is 47.4 Å². The number of nitrogens with two attached hydrogens (primary N) is 2. The van der Waals surface area contributed by atoms with Crippen LogP contribution in [0.2, 0.25) is 0 Å². The second-order valence-electron chi connectivity index (χ2n) is 5.78. The van der Waals surface area contributed by atoms with Crippen LogP contribution in [-0.2, 0) is 4.79 Å². The smallest absolute Gasteiger partial charge is 0.258 e. The average molecular weight is 343 g/mol. The van der Waals surface area contributed by atoms with Gasteiger partial charge in [-0.2, -0.15) is 0 Å². The Hall–Kier alpha value is -3.16. The zero-order valence-corrected chi connectivity index (χ0v) is 13.4. The Morgan fingerprint density at radius 1 is 1.16 bits per heavy atom. The quantitative estimate of drug-likeness (QED) is 0.850. The molecule has 0 bridgehead atoms. The molecule has 2 heterocycles. The van der Waals surface area contributed by atoms with Gasteiger partial charge in [0.05, 0.1) is 5.56 Å². The van der Waals surface area contributed by atoms with E-state index in [2.05, 4.69) is 4.98 Å². The molecule has 1 saturated heterocycles. The molecule has 1 aromatic carbocycles. The molecule has 1 unspecified atom stereocenters. The molecule has 1 aliphatic rings. The van der Waals surface area contributed by atoms with Crippen molar-refractivity contribution in [1.82, 2.24) is 9.88 Å². The van der Waals surface area contributed by atoms with Crippen molar-refractivity contribution in [3.05, 3.63) is 54.0 Å². The molecule has 8 heteroatoms. The molecule has 130 valence electrons. The number of primary amides is 1. The van der Waals surface area contributed by atoms with E-state index in [9.17, 15) is 14.0 Å². The summed E-state index contributed by atoms with van der Waals surface area (Å²) >= 11 is 0. The van der Waals surface area contributed by atoms with Gasteiger partial charge in [0.25, 0.3) is 5.91 Å². The fourth-order valence-electron chi connectivity index (χ4n) is 2.91. The normalized spacial score (nSPS) is 17.4. The lowest BCUT2D eigenvalue weighted by molar-refractivity contribution is -0.122.